The third kappa shape index (κ3) is 5.37. The monoisotopic (exact) mass is 563 g/mol. The highest BCUT2D eigenvalue weighted by Gasteiger charge is 2.48. The molecule has 1 heterocycles. The molecular weight excluding hydrogens is 537 g/mol. The number of aliphatic hydroxyl groups is 1. The van der Waals surface area contributed by atoms with E-state index in [0.717, 1.165) is 0 Å². The van der Waals surface area contributed by atoms with Gasteiger partial charge in [0.05, 0.1) is 23.4 Å². The van der Waals surface area contributed by atoms with E-state index >= 15 is 0 Å². The molecular formula is C30H27ClNO6P. The fourth-order valence-electron chi connectivity index (χ4n) is 5.24. The summed E-state index contributed by atoms with van der Waals surface area (Å²) in [5.74, 6) is -0.696. The zero-order valence-electron chi connectivity index (χ0n) is 20.8. The number of carbonyl (C=O) groups is 1. The molecule has 0 saturated carbocycles. The van der Waals surface area contributed by atoms with E-state index in [9.17, 15) is 29.4 Å². The molecule has 4 aromatic rings. The predicted octanol–water partition coefficient (Wildman–Crippen LogP) is 5.73. The lowest BCUT2D eigenvalue weighted by Crippen LogP contribution is -2.55. The number of phenols is 1. The van der Waals surface area contributed by atoms with Gasteiger partial charge in [-0.05, 0) is 54.3 Å². The van der Waals surface area contributed by atoms with Crippen molar-refractivity contribution in [2.45, 2.75) is 25.0 Å². The fourth-order valence-corrected chi connectivity index (χ4v) is 6.29. The van der Waals surface area contributed by atoms with Gasteiger partial charge in [-0.15, -0.1) is 0 Å². The first-order valence-electron chi connectivity index (χ1n) is 12.5. The van der Waals surface area contributed by atoms with E-state index < -0.39 is 25.7 Å². The van der Waals surface area contributed by atoms with Crippen molar-refractivity contribution in [2.75, 3.05) is 4.90 Å². The molecule has 1 amide bonds. The minimum absolute atomic E-state index is 0.0898. The van der Waals surface area contributed by atoms with E-state index in [2.05, 4.69) is 0 Å². The van der Waals surface area contributed by atoms with Crippen molar-refractivity contribution in [3.63, 3.8) is 0 Å². The van der Waals surface area contributed by atoms with Crippen molar-refractivity contribution < 1.29 is 29.4 Å². The van der Waals surface area contributed by atoms with Crippen LogP contribution < -0.4 is 10.2 Å². The van der Waals surface area contributed by atoms with E-state index in [1.165, 1.54) is 18.2 Å². The van der Waals surface area contributed by atoms with Gasteiger partial charge in [-0.3, -0.25) is 9.36 Å². The fraction of sp³-hybridized carbons (Fsp3) is 0.167. The summed E-state index contributed by atoms with van der Waals surface area (Å²) in [5, 5.41) is 22.1. The average molecular weight is 564 g/mol. The quantitative estimate of drug-likeness (QED) is 0.160. The second kappa shape index (κ2) is 11.0. The van der Waals surface area contributed by atoms with Crippen LogP contribution >= 0.6 is 19.2 Å². The number of amides is 1. The lowest BCUT2D eigenvalue weighted by molar-refractivity contribution is -0.131. The standard InChI is InChI=1S/C30H27ClNO6P/c31-25-12-6-4-11-23(25)26(33)17-16-24-29(32(30(24)35)20-8-2-1-3-9-20)19-14-15-21(27(34)18-19)22-10-5-7-13-28(22)39(36,37)38/h1-15,18,24,26,29,33-34H,16-17H2,(H2,36,37,38). The van der Waals surface area contributed by atoms with Crippen LogP contribution in [-0.4, -0.2) is 25.9 Å². The molecule has 3 atom stereocenters. The van der Waals surface area contributed by atoms with E-state index in [0.29, 0.717) is 34.7 Å². The summed E-state index contributed by atoms with van der Waals surface area (Å²) in [4.78, 5) is 34.6. The summed E-state index contributed by atoms with van der Waals surface area (Å²) in [7, 11) is -4.58. The second-order valence-corrected chi connectivity index (χ2v) is 11.5. The molecule has 0 radical (unpaired) electrons. The summed E-state index contributed by atoms with van der Waals surface area (Å²) < 4.78 is 12.0. The number of halogens is 1. The van der Waals surface area contributed by atoms with Crippen molar-refractivity contribution in [1.29, 1.82) is 0 Å². The topological polar surface area (TPSA) is 118 Å². The smallest absolute Gasteiger partial charge is 0.356 e. The van der Waals surface area contributed by atoms with Crippen LogP contribution in [0.3, 0.4) is 0 Å². The first kappa shape index (κ1) is 27.1. The number of rotatable bonds is 8. The van der Waals surface area contributed by atoms with E-state index in [4.69, 9.17) is 11.6 Å². The molecule has 200 valence electrons. The summed E-state index contributed by atoms with van der Waals surface area (Å²) >= 11 is 6.25. The Morgan fingerprint density at radius 1 is 0.872 bits per heavy atom. The van der Waals surface area contributed by atoms with Gasteiger partial charge in [-0.1, -0.05) is 78.3 Å². The maximum absolute atomic E-state index is 13.4. The summed E-state index contributed by atoms with van der Waals surface area (Å²) in [6, 6.07) is 26.8. The number of hydrogen-bond acceptors (Lipinski definition) is 4. The molecule has 1 aliphatic heterocycles. The maximum atomic E-state index is 13.4. The van der Waals surface area contributed by atoms with Crippen molar-refractivity contribution in [1.82, 2.24) is 0 Å². The third-order valence-corrected chi connectivity index (χ3v) is 8.50. The van der Waals surface area contributed by atoms with E-state index in [1.807, 2.05) is 30.3 Å². The number of anilines is 1. The molecule has 1 saturated heterocycles. The van der Waals surface area contributed by atoms with Gasteiger partial charge < -0.3 is 24.9 Å². The number of para-hydroxylation sites is 1. The number of phenolic OH excluding ortho intramolecular Hbond substituents is 1. The molecule has 9 heteroatoms. The Morgan fingerprint density at radius 3 is 2.23 bits per heavy atom. The van der Waals surface area contributed by atoms with Crippen LogP contribution in [0.25, 0.3) is 11.1 Å². The van der Waals surface area contributed by atoms with Crippen LogP contribution in [0.1, 0.15) is 36.1 Å². The Morgan fingerprint density at radius 2 is 1.54 bits per heavy atom. The molecule has 4 aromatic carbocycles. The lowest BCUT2D eigenvalue weighted by Gasteiger charge is -2.48. The van der Waals surface area contributed by atoms with Gasteiger partial charge >= 0.3 is 7.60 Å². The van der Waals surface area contributed by atoms with Crippen LogP contribution in [0.2, 0.25) is 5.02 Å². The largest absolute Gasteiger partial charge is 0.507 e. The number of β-lactam (4-membered cyclic amide) rings is 1. The van der Waals surface area contributed by atoms with Crippen LogP contribution in [0.15, 0.2) is 97.1 Å². The lowest BCUT2D eigenvalue weighted by atomic mass is 9.78. The molecule has 0 aromatic heterocycles. The predicted molar refractivity (Wildman–Crippen MR) is 151 cm³/mol. The first-order valence-corrected chi connectivity index (χ1v) is 14.4. The van der Waals surface area contributed by atoms with Gasteiger partial charge in [0.25, 0.3) is 0 Å². The highest BCUT2D eigenvalue weighted by Crippen LogP contribution is 2.48. The van der Waals surface area contributed by atoms with Crippen molar-refractivity contribution in [3.05, 3.63) is 113 Å². The number of aromatic hydroxyl groups is 1. The number of carbonyl (C=O) groups excluding carboxylic acids is 1. The first-order chi connectivity index (χ1) is 18.7. The molecule has 5 rings (SSSR count). The molecule has 1 aliphatic rings. The van der Waals surface area contributed by atoms with Crippen molar-refractivity contribution >= 4 is 36.1 Å². The minimum atomic E-state index is -4.58. The summed E-state index contributed by atoms with van der Waals surface area (Å²) in [5.41, 5.74) is 2.50. The van der Waals surface area contributed by atoms with Crippen LogP contribution in [0, 0.1) is 5.92 Å². The van der Waals surface area contributed by atoms with Crippen molar-refractivity contribution in [2.24, 2.45) is 5.92 Å². The Hall–Kier alpha value is -3.45. The van der Waals surface area contributed by atoms with Gasteiger partial charge in [-0.25, -0.2) is 0 Å². The van der Waals surface area contributed by atoms with Gasteiger partial charge in [0.1, 0.15) is 5.75 Å². The zero-order chi connectivity index (χ0) is 27.7. The Bertz CT molecular complexity index is 1560. The van der Waals surface area contributed by atoms with E-state index in [1.54, 1.807) is 53.4 Å². The summed E-state index contributed by atoms with van der Waals surface area (Å²) in [6.07, 6.45) is -0.125. The van der Waals surface area contributed by atoms with Crippen LogP contribution in [0.5, 0.6) is 5.75 Å². The van der Waals surface area contributed by atoms with Gasteiger partial charge in [0, 0.05) is 21.8 Å². The second-order valence-electron chi connectivity index (χ2n) is 9.55. The highest BCUT2D eigenvalue weighted by molar-refractivity contribution is 7.60. The molecule has 3 unspecified atom stereocenters. The number of hydrogen-bond donors (Lipinski definition) is 4. The Kier molecular flexibility index (Phi) is 7.63. The summed E-state index contributed by atoms with van der Waals surface area (Å²) in [6.45, 7) is 0. The highest BCUT2D eigenvalue weighted by atomic mass is 35.5. The zero-order valence-corrected chi connectivity index (χ0v) is 22.4. The van der Waals surface area contributed by atoms with Gasteiger partial charge in [-0.2, -0.15) is 0 Å². The number of nitrogens with zero attached hydrogens (tertiary/aromatic N) is 1. The Balaban J connectivity index is 1.47. The van der Waals surface area contributed by atoms with E-state index in [-0.39, 0.29) is 28.1 Å². The number of aliphatic hydroxyl groups excluding tert-OH is 1. The molecule has 4 N–H and O–H groups in total. The van der Waals surface area contributed by atoms with Crippen LogP contribution in [-0.2, 0) is 9.36 Å². The molecule has 39 heavy (non-hydrogen) atoms. The molecule has 0 bridgehead atoms. The van der Waals surface area contributed by atoms with Crippen LogP contribution in [0.4, 0.5) is 5.69 Å². The SMILES string of the molecule is O=C1C(CCC(O)c2ccccc2Cl)C(c2ccc(-c3ccccc3P(=O)(O)O)c(O)c2)N1c1ccccc1. The molecule has 0 spiro atoms. The van der Waals surface area contributed by atoms with Gasteiger partial charge in [0.15, 0.2) is 0 Å². The maximum Gasteiger partial charge on any atom is 0.356 e. The normalized spacial score (nSPS) is 18.1. The minimum Gasteiger partial charge on any atom is -0.507 e. The third-order valence-electron chi connectivity index (χ3n) is 7.13. The molecule has 0 aliphatic carbocycles. The molecule has 1 fully saturated rings. The molecule has 7 nitrogen and oxygen atoms in total. The average Bonchev–Trinajstić information content (AvgIpc) is 2.92. The van der Waals surface area contributed by atoms with Crippen molar-refractivity contribution in [3.8, 4) is 16.9 Å². The Labute approximate surface area is 231 Å². The van der Waals surface area contributed by atoms with Gasteiger partial charge in [0.2, 0.25) is 5.91 Å². The number of benzene rings is 4.